The molecule has 3 heterocycles. The molecule has 3 aliphatic heterocycles. The van der Waals surface area contributed by atoms with Crippen molar-refractivity contribution in [3.8, 4) is 0 Å². The SMILES string of the molecule is CC1CC(N(C)C)CC(O)O1.CC1CCOC(C)[C@@H]1O.CCC1OC(=O)C(C)C(O)C(C)CC(C)C[C@@H](C)C(=O)[C@H](C)C[C@]1(C)OC(N)=O. The molecule has 3 rings (SSSR count). The number of hydrogen-bond acceptors (Lipinski definition) is 11. The van der Waals surface area contributed by atoms with Crippen molar-refractivity contribution in [1.29, 1.82) is 0 Å². The first-order valence-corrected chi connectivity index (χ1v) is 18.3. The number of aliphatic hydroxyl groups is 3. The Kier molecular flexibility index (Phi) is 19.3. The van der Waals surface area contributed by atoms with Crippen LogP contribution in [0.1, 0.15) is 114 Å². The van der Waals surface area contributed by atoms with Crippen LogP contribution >= 0.6 is 0 Å². The van der Waals surface area contributed by atoms with Crippen LogP contribution < -0.4 is 5.73 Å². The number of hydrogen-bond donors (Lipinski definition) is 4. The zero-order valence-corrected chi connectivity index (χ0v) is 32.4. The number of rotatable bonds is 3. The maximum Gasteiger partial charge on any atom is 0.405 e. The fourth-order valence-electron chi connectivity index (χ4n) is 7.46. The van der Waals surface area contributed by atoms with Gasteiger partial charge in [0.05, 0.1) is 30.3 Å². The third-order valence-corrected chi connectivity index (χ3v) is 10.5. The van der Waals surface area contributed by atoms with E-state index >= 15 is 0 Å². The number of ketones is 1. The molecule has 3 aliphatic rings. The summed E-state index contributed by atoms with van der Waals surface area (Å²) in [5, 5.41) is 29.2. The highest BCUT2D eigenvalue weighted by Gasteiger charge is 2.44. The second kappa shape index (κ2) is 20.9. The van der Waals surface area contributed by atoms with E-state index in [0.717, 1.165) is 25.9 Å². The first kappa shape index (κ1) is 45.2. The van der Waals surface area contributed by atoms with Gasteiger partial charge in [-0.2, -0.15) is 0 Å². The van der Waals surface area contributed by atoms with Crippen molar-refractivity contribution < 1.29 is 48.7 Å². The smallest absolute Gasteiger partial charge is 0.405 e. The van der Waals surface area contributed by atoms with Gasteiger partial charge < -0.3 is 44.9 Å². The second-order valence-corrected chi connectivity index (χ2v) is 15.6. The minimum atomic E-state index is -1.24. The van der Waals surface area contributed by atoms with Crippen molar-refractivity contribution >= 4 is 17.8 Å². The quantitative estimate of drug-likeness (QED) is 0.300. The van der Waals surface area contributed by atoms with Crippen LogP contribution in [0.25, 0.3) is 0 Å². The van der Waals surface area contributed by atoms with Gasteiger partial charge in [0.15, 0.2) is 6.29 Å². The standard InChI is InChI=1S/C22H39NO6.C8H17NO2.C7H14O2/c1-8-17-22(7,29-21(23)27)11-15(5)18(24)13(3)9-12(2)10-14(4)19(25)16(6)20(26)28-17;1-6-4-7(9(2)3)5-8(10)11-6;1-5-3-4-9-6(2)7(5)8/h12-17,19,25H,8-11H2,1-7H3,(H2,23,27);6-8,10H,4-5H2,1-3H3;5-8H,3-4H2,1-2H3/t12?,13-,14?,15-,16?,17?,19?,22+;;5?,6?,7-/m1.1/s1. The molecule has 12 nitrogen and oxygen atoms in total. The molecule has 0 radical (unpaired) electrons. The van der Waals surface area contributed by atoms with Crippen molar-refractivity contribution in [3.63, 3.8) is 0 Å². The van der Waals surface area contributed by atoms with Gasteiger partial charge in [-0.05, 0) is 91.6 Å². The van der Waals surface area contributed by atoms with Gasteiger partial charge in [-0.1, -0.05) is 41.5 Å². The Bertz CT molecular complexity index is 994. The number of primary amides is 1. The highest BCUT2D eigenvalue weighted by atomic mass is 16.6. The number of cyclic esters (lactones) is 1. The molecule has 288 valence electrons. The molecular weight excluding hydrogens is 632 g/mol. The van der Waals surface area contributed by atoms with Gasteiger partial charge in [-0.3, -0.25) is 9.59 Å². The van der Waals surface area contributed by atoms with E-state index in [1.165, 1.54) is 0 Å². The minimum absolute atomic E-state index is 0.0359. The number of nitrogens with two attached hydrogens (primary N) is 1. The van der Waals surface area contributed by atoms with Crippen molar-refractivity contribution in [2.75, 3.05) is 20.7 Å². The van der Waals surface area contributed by atoms with E-state index in [9.17, 15) is 29.7 Å². The average molecular weight is 703 g/mol. The van der Waals surface area contributed by atoms with Crippen molar-refractivity contribution in [1.82, 2.24) is 4.90 Å². The molecule has 0 aromatic heterocycles. The fourth-order valence-corrected chi connectivity index (χ4v) is 7.46. The van der Waals surface area contributed by atoms with E-state index in [-0.39, 0.29) is 48.3 Å². The highest BCUT2D eigenvalue weighted by Crippen LogP contribution is 2.34. The van der Waals surface area contributed by atoms with Gasteiger partial charge in [-0.25, -0.2) is 4.79 Å². The summed E-state index contributed by atoms with van der Waals surface area (Å²) in [7, 11) is 4.07. The van der Waals surface area contributed by atoms with E-state index in [0.29, 0.717) is 31.2 Å². The van der Waals surface area contributed by atoms with Gasteiger partial charge in [0, 0.05) is 37.3 Å². The summed E-state index contributed by atoms with van der Waals surface area (Å²) >= 11 is 0. The van der Waals surface area contributed by atoms with Crippen LogP contribution in [-0.4, -0.2) is 107 Å². The molecule has 12 heteroatoms. The number of esters is 1. The lowest BCUT2D eigenvalue weighted by Crippen LogP contribution is -2.50. The Hall–Kier alpha value is -1.83. The normalized spacial score (nSPS) is 41.2. The molecule has 0 aromatic rings. The molecule has 49 heavy (non-hydrogen) atoms. The molecule has 0 saturated carbocycles. The predicted octanol–water partition coefficient (Wildman–Crippen LogP) is 4.68. The summed E-state index contributed by atoms with van der Waals surface area (Å²) in [4.78, 5) is 39.4. The zero-order valence-electron chi connectivity index (χ0n) is 32.4. The van der Waals surface area contributed by atoms with E-state index in [4.69, 9.17) is 24.7 Å². The first-order chi connectivity index (χ1) is 22.6. The van der Waals surface area contributed by atoms with Crippen LogP contribution in [0.5, 0.6) is 0 Å². The monoisotopic (exact) mass is 703 g/mol. The minimum Gasteiger partial charge on any atom is -0.458 e. The molecule has 0 bridgehead atoms. The third-order valence-electron chi connectivity index (χ3n) is 10.5. The summed E-state index contributed by atoms with van der Waals surface area (Å²) in [6, 6.07) is 0.466. The van der Waals surface area contributed by atoms with Crippen molar-refractivity contribution in [3.05, 3.63) is 0 Å². The zero-order chi connectivity index (χ0) is 37.8. The maximum atomic E-state index is 13.0. The Morgan fingerprint density at radius 3 is 2.02 bits per heavy atom. The number of amides is 1. The van der Waals surface area contributed by atoms with Crippen LogP contribution in [0.3, 0.4) is 0 Å². The van der Waals surface area contributed by atoms with Gasteiger partial charge in [0.1, 0.15) is 17.5 Å². The molecule has 10 unspecified atom stereocenters. The van der Waals surface area contributed by atoms with E-state index in [2.05, 4.69) is 18.7 Å². The number of carbonyl (C=O) groups is 3. The maximum absolute atomic E-state index is 13.0. The van der Waals surface area contributed by atoms with Crippen molar-refractivity contribution in [2.24, 2.45) is 41.2 Å². The lowest BCUT2D eigenvalue weighted by atomic mass is 9.78. The van der Waals surface area contributed by atoms with E-state index < -0.39 is 48.0 Å². The number of nitrogens with zero attached hydrogens (tertiary/aromatic N) is 1. The highest BCUT2D eigenvalue weighted by molar-refractivity contribution is 5.83. The van der Waals surface area contributed by atoms with Gasteiger partial charge in [0.2, 0.25) is 0 Å². The number of aliphatic hydroxyl groups excluding tert-OH is 3. The molecule has 0 spiro atoms. The topological polar surface area (TPSA) is 178 Å². The van der Waals surface area contributed by atoms with E-state index in [1.807, 2.05) is 55.6 Å². The number of carbonyl (C=O) groups excluding carboxylic acids is 3. The predicted molar refractivity (Wildman–Crippen MR) is 188 cm³/mol. The van der Waals surface area contributed by atoms with E-state index in [1.54, 1.807) is 13.8 Å². The summed E-state index contributed by atoms with van der Waals surface area (Å²) in [5.74, 6) is -1.24. The Labute approximate surface area is 295 Å². The van der Waals surface area contributed by atoms with Gasteiger partial charge >= 0.3 is 12.1 Å². The first-order valence-electron chi connectivity index (χ1n) is 18.3. The molecule has 1 amide bonds. The fraction of sp³-hybridized carbons (Fsp3) is 0.919. The Balaban J connectivity index is 0.000000481. The summed E-state index contributed by atoms with van der Waals surface area (Å²) in [6.45, 7) is 19.6. The number of ether oxygens (including phenoxy) is 4. The lowest BCUT2D eigenvalue weighted by molar-refractivity contribution is -0.175. The molecule has 0 aliphatic carbocycles. The summed E-state index contributed by atoms with van der Waals surface area (Å²) < 4.78 is 21.5. The summed E-state index contributed by atoms with van der Waals surface area (Å²) in [5.41, 5.74) is 4.05. The summed E-state index contributed by atoms with van der Waals surface area (Å²) in [6.07, 6.45) is 1.52. The van der Waals surface area contributed by atoms with Crippen molar-refractivity contribution in [2.45, 2.75) is 163 Å². The molecule has 0 aromatic carbocycles. The molecular formula is C37H70N2O10. The Morgan fingerprint density at radius 1 is 0.918 bits per heavy atom. The van der Waals surface area contributed by atoms with Gasteiger partial charge in [0.25, 0.3) is 0 Å². The van der Waals surface area contributed by atoms with Crippen LogP contribution in [0, 0.1) is 35.5 Å². The molecule has 3 fully saturated rings. The van der Waals surface area contributed by atoms with Crippen LogP contribution in [0.4, 0.5) is 4.79 Å². The average Bonchev–Trinajstić information content (AvgIpc) is 3.00. The molecule has 3 saturated heterocycles. The number of Topliss-reactive ketones (excluding diaryl/α,β-unsaturated/α-hetero) is 1. The van der Waals surface area contributed by atoms with Gasteiger partial charge in [-0.15, -0.1) is 0 Å². The Morgan fingerprint density at radius 2 is 1.53 bits per heavy atom. The largest absolute Gasteiger partial charge is 0.458 e. The van der Waals surface area contributed by atoms with Crippen LogP contribution in [0.15, 0.2) is 0 Å². The molecule has 14 atom stereocenters. The lowest BCUT2D eigenvalue weighted by Gasteiger charge is -2.38. The molecule has 5 N–H and O–H groups in total. The second-order valence-electron chi connectivity index (χ2n) is 15.6. The van der Waals surface area contributed by atoms with Crippen LogP contribution in [0.2, 0.25) is 0 Å². The van der Waals surface area contributed by atoms with Crippen LogP contribution in [-0.2, 0) is 28.5 Å². The third kappa shape index (κ3) is 14.7.